The van der Waals surface area contributed by atoms with Crippen molar-refractivity contribution in [2.24, 2.45) is 0 Å². The second-order valence-electron chi connectivity index (χ2n) is 4.60. The van der Waals surface area contributed by atoms with E-state index in [1.165, 1.54) is 5.56 Å². The first-order chi connectivity index (χ1) is 9.74. The summed E-state index contributed by atoms with van der Waals surface area (Å²) in [5, 5.41) is 6.13. The molecule has 0 fully saturated rings. The Balaban J connectivity index is 1.91. The molecular formula is C15H22N2O3. The van der Waals surface area contributed by atoms with Crippen LogP contribution in [0.25, 0.3) is 0 Å². The number of amides is 1. The van der Waals surface area contributed by atoms with Gasteiger partial charge in [0.2, 0.25) is 0 Å². The number of carbonyl (C=O) groups excluding carboxylic acids is 1. The van der Waals surface area contributed by atoms with Gasteiger partial charge in [0.15, 0.2) is 6.29 Å². The van der Waals surface area contributed by atoms with E-state index in [-0.39, 0.29) is 12.2 Å². The lowest BCUT2D eigenvalue weighted by Crippen LogP contribution is -2.35. The minimum atomic E-state index is -0.384. The highest BCUT2D eigenvalue weighted by Crippen LogP contribution is 2.22. The van der Waals surface area contributed by atoms with Gasteiger partial charge in [0.25, 0.3) is 5.91 Å². The molecule has 0 atom stereocenters. The van der Waals surface area contributed by atoms with Gasteiger partial charge in [0.1, 0.15) is 0 Å². The molecule has 0 aliphatic carbocycles. The fraction of sp³-hybridized carbons (Fsp3) is 0.533. The first-order valence-electron chi connectivity index (χ1n) is 7.12. The Kier molecular flexibility index (Phi) is 5.38. The lowest BCUT2D eigenvalue weighted by molar-refractivity contribution is -0.131. The molecule has 0 saturated heterocycles. The average molecular weight is 278 g/mol. The van der Waals surface area contributed by atoms with Crippen molar-refractivity contribution in [3.8, 4) is 0 Å². The summed E-state index contributed by atoms with van der Waals surface area (Å²) in [6, 6.07) is 5.74. The quantitative estimate of drug-likeness (QED) is 0.746. The van der Waals surface area contributed by atoms with E-state index in [0.29, 0.717) is 25.3 Å². The van der Waals surface area contributed by atoms with Gasteiger partial charge >= 0.3 is 0 Å². The number of carbonyl (C=O) groups is 1. The van der Waals surface area contributed by atoms with E-state index in [4.69, 9.17) is 9.47 Å². The first-order valence-corrected chi connectivity index (χ1v) is 7.12. The first kappa shape index (κ1) is 14.8. The SMILES string of the molecule is CCOC(CNC(=O)c1ccc2c(c1)CCN2)OCC. The Hall–Kier alpha value is -1.59. The lowest BCUT2D eigenvalue weighted by Gasteiger charge is -2.17. The van der Waals surface area contributed by atoms with E-state index in [0.717, 1.165) is 18.7 Å². The second kappa shape index (κ2) is 7.26. The van der Waals surface area contributed by atoms with Crippen LogP contribution in [-0.2, 0) is 15.9 Å². The second-order valence-corrected chi connectivity index (χ2v) is 4.60. The Morgan fingerprint density at radius 2 is 2.10 bits per heavy atom. The summed E-state index contributed by atoms with van der Waals surface area (Å²) in [5.41, 5.74) is 3.01. The predicted octanol–water partition coefficient (Wildman–Crippen LogP) is 1.78. The van der Waals surface area contributed by atoms with Crippen molar-refractivity contribution in [3.63, 3.8) is 0 Å². The fourth-order valence-electron chi connectivity index (χ4n) is 2.26. The van der Waals surface area contributed by atoms with E-state index in [1.807, 2.05) is 32.0 Å². The van der Waals surface area contributed by atoms with E-state index in [1.54, 1.807) is 0 Å². The van der Waals surface area contributed by atoms with Crippen molar-refractivity contribution in [1.82, 2.24) is 5.32 Å². The molecule has 1 aromatic rings. The van der Waals surface area contributed by atoms with Crippen LogP contribution in [0.1, 0.15) is 29.8 Å². The van der Waals surface area contributed by atoms with Crippen LogP contribution in [0.4, 0.5) is 5.69 Å². The van der Waals surface area contributed by atoms with Crippen LogP contribution in [0.2, 0.25) is 0 Å². The van der Waals surface area contributed by atoms with Gasteiger partial charge in [-0.2, -0.15) is 0 Å². The third-order valence-corrected chi connectivity index (χ3v) is 3.21. The fourth-order valence-corrected chi connectivity index (χ4v) is 2.26. The highest BCUT2D eigenvalue weighted by molar-refractivity contribution is 5.95. The minimum Gasteiger partial charge on any atom is -0.384 e. The zero-order valence-electron chi connectivity index (χ0n) is 12.1. The van der Waals surface area contributed by atoms with Crippen LogP contribution in [0.3, 0.4) is 0 Å². The molecular weight excluding hydrogens is 256 g/mol. The van der Waals surface area contributed by atoms with Crippen LogP contribution < -0.4 is 10.6 Å². The number of rotatable bonds is 7. The van der Waals surface area contributed by atoms with Crippen molar-refractivity contribution < 1.29 is 14.3 Å². The topological polar surface area (TPSA) is 59.6 Å². The molecule has 5 heteroatoms. The van der Waals surface area contributed by atoms with Gasteiger partial charge in [-0.3, -0.25) is 4.79 Å². The molecule has 0 bridgehead atoms. The van der Waals surface area contributed by atoms with Gasteiger partial charge in [-0.15, -0.1) is 0 Å². The molecule has 0 radical (unpaired) electrons. The largest absolute Gasteiger partial charge is 0.384 e. The monoisotopic (exact) mass is 278 g/mol. The molecule has 1 amide bonds. The molecule has 1 aromatic carbocycles. The minimum absolute atomic E-state index is 0.0934. The molecule has 1 aliphatic heterocycles. The Morgan fingerprint density at radius 3 is 2.80 bits per heavy atom. The molecule has 1 aliphatic rings. The maximum absolute atomic E-state index is 12.1. The Labute approximate surface area is 119 Å². The van der Waals surface area contributed by atoms with E-state index in [9.17, 15) is 4.79 Å². The van der Waals surface area contributed by atoms with Gasteiger partial charge in [-0.1, -0.05) is 0 Å². The number of anilines is 1. The number of benzene rings is 1. The predicted molar refractivity (Wildman–Crippen MR) is 78.0 cm³/mol. The highest BCUT2D eigenvalue weighted by atomic mass is 16.7. The summed E-state index contributed by atoms with van der Waals surface area (Å²) < 4.78 is 10.8. The third-order valence-electron chi connectivity index (χ3n) is 3.21. The van der Waals surface area contributed by atoms with Crippen molar-refractivity contribution in [2.45, 2.75) is 26.6 Å². The number of ether oxygens (including phenoxy) is 2. The summed E-state index contributed by atoms with van der Waals surface area (Å²) >= 11 is 0. The third kappa shape index (κ3) is 3.71. The van der Waals surface area contributed by atoms with Crippen molar-refractivity contribution >= 4 is 11.6 Å². The van der Waals surface area contributed by atoms with Crippen LogP contribution in [0.5, 0.6) is 0 Å². The molecule has 0 unspecified atom stereocenters. The summed E-state index contributed by atoms with van der Waals surface area (Å²) in [5.74, 6) is -0.0934. The molecule has 5 nitrogen and oxygen atoms in total. The Bertz CT molecular complexity index is 456. The molecule has 20 heavy (non-hydrogen) atoms. The molecule has 0 spiro atoms. The van der Waals surface area contributed by atoms with Crippen LogP contribution in [0.15, 0.2) is 18.2 Å². The van der Waals surface area contributed by atoms with Gasteiger partial charge in [0.05, 0.1) is 6.54 Å². The molecule has 1 heterocycles. The van der Waals surface area contributed by atoms with Gasteiger partial charge in [-0.25, -0.2) is 0 Å². The van der Waals surface area contributed by atoms with Crippen molar-refractivity contribution in [2.75, 3.05) is 31.6 Å². The average Bonchev–Trinajstić information content (AvgIpc) is 2.92. The van der Waals surface area contributed by atoms with E-state index >= 15 is 0 Å². The van der Waals surface area contributed by atoms with E-state index < -0.39 is 0 Å². The molecule has 110 valence electrons. The summed E-state index contributed by atoms with van der Waals surface area (Å²) in [4.78, 5) is 12.1. The molecule has 2 N–H and O–H groups in total. The molecule has 0 saturated carbocycles. The molecule has 2 rings (SSSR count). The number of hydrogen-bond donors (Lipinski definition) is 2. The maximum atomic E-state index is 12.1. The van der Waals surface area contributed by atoms with Gasteiger partial charge in [0, 0.05) is 31.0 Å². The van der Waals surface area contributed by atoms with Crippen molar-refractivity contribution in [3.05, 3.63) is 29.3 Å². The Morgan fingerprint density at radius 1 is 1.35 bits per heavy atom. The smallest absolute Gasteiger partial charge is 0.251 e. The summed E-state index contributed by atoms with van der Waals surface area (Å²) in [6.45, 7) is 6.23. The lowest BCUT2D eigenvalue weighted by atomic mass is 10.1. The number of nitrogens with one attached hydrogen (secondary N) is 2. The molecule has 0 aromatic heterocycles. The van der Waals surface area contributed by atoms with Crippen LogP contribution in [-0.4, -0.2) is 38.5 Å². The van der Waals surface area contributed by atoms with Gasteiger partial charge < -0.3 is 20.1 Å². The van der Waals surface area contributed by atoms with Crippen molar-refractivity contribution in [1.29, 1.82) is 0 Å². The normalized spacial score (nSPS) is 13.2. The van der Waals surface area contributed by atoms with Crippen LogP contribution >= 0.6 is 0 Å². The number of hydrogen-bond acceptors (Lipinski definition) is 4. The zero-order valence-corrected chi connectivity index (χ0v) is 12.1. The van der Waals surface area contributed by atoms with E-state index in [2.05, 4.69) is 10.6 Å². The zero-order chi connectivity index (χ0) is 14.4. The summed E-state index contributed by atoms with van der Waals surface area (Å²) in [6.07, 6.45) is 0.585. The maximum Gasteiger partial charge on any atom is 0.251 e. The summed E-state index contributed by atoms with van der Waals surface area (Å²) in [7, 11) is 0. The standard InChI is InChI=1S/C15H22N2O3/c1-3-19-14(20-4-2)10-17-15(18)12-5-6-13-11(9-12)7-8-16-13/h5-6,9,14,16H,3-4,7-8,10H2,1-2H3,(H,17,18). The number of fused-ring (bicyclic) bond motifs is 1. The van der Waals surface area contributed by atoms with Crippen LogP contribution in [0, 0.1) is 0 Å². The highest BCUT2D eigenvalue weighted by Gasteiger charge is 2.15. The van der Waals surface area contributed by atoms with Gasteiger partial charge in [-0.05, 0) is 44.0 Å².